The highest BCUT2D eigenvalue weighted by atomic mass is 35.5. The van der Waals surface area contributed by atoms with Crippen LogP contribution in [0, 0.1) is 6.92 Å². The Morgan fingerprint density at radius 3 is 2.96 bits per heavy atom. The monoisotopic (exact) mass is 335 g/mol. The standard InChI is InChI=1S/C15H14ClN3O4/c1-8-2-11(23-19-8)7-22-14-5-13-9(4-12(14)16)3-10(18-13)6-17-15(20)21/h2-5,17-18H,6-7H2,1H3,(H,20,21). The van der Waals surface area contributed by atoms with Crippen LogP contribution < -0.4 is 10.1 Å². The van der Waals surface area contributed by atoms with Crippen LogP contribution in [0.25, 0.3) is 10.9 Å². The second kappa shape index (κ2) is 6.21. The minimum Gasteiger partial charge on any atom is -0.484 e. The Morgan fingerprint density at radius 1 is 1.43 bits per heavy atom. The predicted molar refractivity (Wildman–Crippen MR) is 83.7 cm³/mol. The van der Waals surface area contributed by atoms with Crippen LogP contribution in [0.4, 0.5) is 4.79 Å². The summed E-state index contributed by atoms with van der Waals surface area (Å²) in [5.74, 6) is 1.12. The highest BCUT2D eigenvalue weighted by Crippen LogP contribution is 2.31. The van der Waals surface area contributed by atoms with E-state index in [1.54, 1.807) is 18.2 Å². The number of benzene rings is 1. The van der Waals surface area contributed by atoms with Crippen molar-refractivity contribution >= 4 is 28.6 Å². The quantitative estimate of drug-likeness (QED) is 0.663. The van der Waals surface area contributed by atoms with E-state index in [1.807, 2.05) is 13.0 Å². The summed E-state index contributed by atoms with van der Waals surface area (Å²) in [7, 11) is 0. The van der Waals surface area contributed by atoms with Gasteiger partial charge in [0.05, 0.1) is 17.3 Å². The van der Waals surface area contributed by atoms with E-state index >= 15 is 0 Å². The van der Waals surface area contributed by atoms with Gasteiger partial charge in [-0.25, -0.2) is 4.79 Å². The van der Waals surface area contributed by atoms with Gasteiger partial charge in [0.1, 0.15) is 12.4 Å². The van der Waals surface area contributed by atoms with Gasteiger partial charge in [-0.3, -0.25) is 0 Å². The molecule has 3 aromatic rings. The number of aryl methyl sites for hydroxylation is 1. The van der Waals surface area contributed by atoms with E-state index in [0.717, 1.165) is 22.3 Å². The number of carbonyl (C=O) groups is 1. The Labute approximate surface area is 136 Å². The minimum absolute atomic E-state index is 0.190. The molecule has 2 heterocycles. The van der Waals surface area contributed by atoms with E-state index in [-0.39, 0.29) is 13.2 Å². The lowest BCUT2D eigenvalue weighted by molar-refractivity contribution is 0.194. The molecule has 1 aromatic carbocycles. The normalized spacial score (nSPS) is 10.9. The van der Waals surface area contributed by atoms with Crippen LogP contribution >= 0.6 is 11.6 Å². The molecule has 3 rings (SSSR count). The van der Waals surface area contributed by atoms with Gasteiger partial charge in [0, 0.05) is 28.7 Å². The number of H-pyrrole nitrogens is 1. The Morgan fingerprint density at radius 2 is 2.26 bits per heavy atom. The second-order valence-corrected chi connectivity index (χ2v) is 5.45. The van der Waals surface area contributed by atoms with E-state index in [1.165, 1.54) is 0 Å². The number of nitrogens with zero attached hydrogens (tertiary/aromatic N) is 1. The number of halogens is 1. The van der Waals surface area contributed by atoms with Crippen molar-refractivity contribution in [2.45, 2.75) is 20.1 Å². The zero-order valence-electron chi connectivity index (χ0n) is 12.2. The number of hydrogen-bond donors (Lipinski definition) is 3. The number of aromatic nitrogens is 2. The number of fused-ring (bicyclic) bond motifs is 1. The van der Waals surface area contributed by atoms with Crippen molar-refractivity contribution < 1.29 is 19.2 Å². The molecule has 0 saturated heterocycles. The highest BCUT2D eigenvalue weighted by Gasteiger charge is 2.10. The van der Waals surface area contributed by atoms with Gasteiger partial charge >= 0.3 is 6.09 Å². The smallest absolute Gasteiger partial charge is 0.404 e. The molecule has 2 aromatic heterocycles. The number of hydrogen-bond acceptors (Lipinski definition) is 4. The third-order valence-corrected chi connectivity index (χ3v) is 3.50. The van der Waals surface area contributed by atoms with Gasteiger partial charge in [0.15, 0.2) is 5.76 Å². The second-order valence-electron chi connectivity index (χ2n) is 5.05. The topological polar surface area (TPSA) is 100 Å². The zero-order valence-corrected chi connectivity index (χ0v) is 13.0. The van der Waals surface area contributed by atoms with E-state index in [4.69, 9.17) is 26.0 Å². The molecule has 23 heavy (non-hydrogen) atoms. The first-order valence-electron chi connectivity index (χ1n) is 6.84. The summed E-state index contributed by atoms with van der Waals surface area (Å²) in [5.41, 5.74) is 2.33. The number of amides is 1. The average Bonchev–Trinajstić information content (AvgIpc) is 3.08. The van der Waals surface area contributed by atoms with Crippen molar-refractivity contribution in [1.82, 2.24) is 15.5 Å². The van der Waals surface area contributed by atoms with Crippen LogP contribution in [-0.2, 0) is 13.2 Å². The minimum atomic E-state index is -1.08. The van der Waals surface area contributed by atoms with Gasteiger partial charge in [0.2, 0.25) is 0 Å². The molecule has 0 radical (unpaired) electrons. The van der Waals surface area contributed by atoms with Crippen molar-refractivity contribution in [1.29, 1.82) is 0 Å². The van der Waals surface area contributed by atoms with E-state index in [9.17, 15) is 4.79 Å². The summed E-state index contributed by atoms with van der Waals surface area (Å²) in [4.78, 5) is 13.7. The molecule has 7 nitrogen and oxygen atoms in total. The average molecular weight is 336 g/mol. The molecule has 0 aliphatic carbocycles. The summed E-state index contributed by atoms with van der Waals surface area (Å²) in [6, 6.07) is 7.15. The Kier molecular flexibility index (Phi) is 4.12. The summed E-state index contributed by atoms with van der Waals surface area (Å²) in [5, 5.41) is 16.1. The third-order valence-electron chi connectivity index (χ3n) is 3.21. The molecule has 1 amide bonds. The Balaban J connectivity index is 1.77. The maximum absolute atomic E-state index is 10.5. The summed E-state index contributed by atoms with van der Waals surface area (Å²) in [6.07, 6.45) is -1.08. The van der Waals surface area contributed by atoms with Gasteiger partial charge in [-0.05, 0) is 19.1 Å². The number of aromatic amines is 1. The first-order chi connectivity index (χ1) is 11.0. The molecule has 0 atom stereocenters. The molecular formula is C15H14ClN3O4. The van der Waals surface area contributed by atoms with Crippen molar-refractivity contribution in [2.75, 3.05) is 0 Å². The molecule has 0 unspecified atom stereocenters. The fourth-order valence-corrected chi connectivity index (χ4v) is 2.43. The summed E-state index contributed by atoms with van der Waals surface area (Å²) in [6.45, 7) is 2.24. The van der Waals surface area contributed by atoms with Gasteiger partial charge in [-0.2, -0.15) is 0 Å². The van der Waals surface area contributed by atoms with Crippen molar-refractivity contribution in [3.63, 3.8) is 0 Å². The van der Waals surface area contributed by atoms with Crippen LogP contribution in [0.1, 0.15) is 17.1 Å². The fourth-order valence-electron chi connectivity index (χ4n) is 2.20. The van der Waals surface area contributed by atoms with Crippen LogP contribution in [0.5, 0.6) is 5.75 Å². The number of nitrogens with one attached hydrogen (secondary N) is 2. The molecular weight excluding hydrogens is 322 g/mol. The molecule has 3 N–H and O–H groups in total. The predicted octanol–water partition coefficient (Wildman–Crippen LogP) is 3.46. The van der Waals surface area contributed by atoms with Crippen LogP contribution in [0.15, 0.2) is 28.8 Å². The highest BCUT2D eigenvalue weighted by molar-refractivity contribution is 6.32. The Bertz CT molecular complexity index is 856. The molecule has 120 valence electrons. The summed E-state index contributed by atoms with van der Waals surface area (Å²) < 4.78 is 10.7. The zero-order chi connectivity index (χ0) is 16.4. The van der Waals surface area contributed by atoms with Gasteiger partial charge in [-0.15, -0.1) is 0 Å². The van der Waals surface area contributed by atoms with E-state index in [2.05, 4.69) is 15.5 Å². The first-order valence-corrected chi connectivity index (χ1v) is 7.22. The number of carboxylic acid groups (broad SMARTS) is 1. The molecule has 0 fully saturated rings. The SMILES string of the molecule is Cc1cc(COc2cc3[nH]c(CNC(=O)O)cc3cc2Cl)on1. The lowest BCUT2D eigenvalue weighted by atomic mass is 10.2. The molecule has 0 spiro atoms. The molecule has 0 aliphatic rings. The number of ether oxygens (including phenoxy) is 1. The van der Waals surface area contributed by atoms with E-state index in [0.29, 0.717) is 16.5 Å². The number of rotatable bonds is 5. The molecule has 0 bridgehead atoms. The fraction of sp³-hybridized carbons (Fsp3) is 0.200. The van der Waals surface area contributed by atoms with Gasteiger partial charge in [0.25, 0.3) is 0 Å². The van der Waals surface area contributed by atoms with Crippen LogP contribution in [0.3, 0.4) is 0 Å². The lowest BCUT2D eigenvalue weighted by Gasteiger charge is -2.06. The maximum Gasteiger partial charge on any atom is 0.404 e. The first kappa shape index (κ1) is 15.2. The third kappa shape index (κ3) is 3.57. The molecule has 0 saturated carbocycles. The lowest BCUT2D eigenvalue weighted by Crippen LogP contribution is -2.19. The van der Waals surface area contributed by atoms with Crippen molar-refractivity contribution in [3.8, 4) is 5.75 Å². The Hall–Kier alpha value is -2.67. The molecule has 0 aliphatic heterocycles. The van der Waals surface area contributed by atoms with Gasteiger partial charge in [-0.1, -0.05) is 16.8 Å². The van der Waals surface area contributed by atoms with Crippen molar-refractivity contribution in [3.05, 3.63) is 46.4 Å². The molecule has 8 heteroatoms. The largest absolute Gasteiger partial charge is 0.484 e. The van der Waals surface area contributed by atoms with Crippen LogP contribution in [0.2, 0.25) is 5.02 Å². The maximum atomic E-state index is 10.5. The van der Waals surface area contributed by atoms with Crippen molar-refractivity contribution in [2.24, 2.45) is 0 Å². The summed E-state index contributed by atoms with van der Waals surface area (Å²) >= 11 is 6.22. The van der Waals surface area contributed by atoms with E-state index < -0.39 is 6.09 Å². The van der Waals surface area contributed by atoms with Gasteiger partial charge < -0.3 is 24.7 Å². The van der Waals surface area contributed by atoms with Crippen LogP contribution in [-0.4, -0.2) is 21.3 Å².